The predicted molar refractivity (Wildman–Crippen MR) is 66.0 cm³/mol. The Hall–Kier alpha value is -1.70. The van der Waals surface area contributed by atoms with Crippen molar-refractivity contribution in [3.05, 3.63) is 23.8 Å². The van der Waals surface area contributed by atoms with Gasteiger partial charge in [-0.3, -0.25) is 0 Å². The molecule has 0 saturated carbocycles. The summed E-state index contributed by atoms with van der Waals surface area (Å²) < 4.78 is 15.7. The quantitative estimate of drug-likeness (QED) is 0.476. The Balaban J connectivity index is 2.86. The maximum Gasteiger partial charge on any atom is 0.189 e. The summed E-state index contributed by atoms with van der Waals surface area (Å²) in [6.45, 7) is 3.04. The van der Waals surface area contributed by atoms with Gasteiger partial charge in [-0.25, -0.2) is 0 Å². The summed E-state index contributed by atoms with van der Waals surface area (Å²) in [6.07, 6.45) is 0. The van der Waals surface area contributed by atoms with Crippen molar-refractivity contribution in [1.82, 2.24) is 0 Å². The Kier molecular flexibility index (Phi) is 5.94. The normalized spacial score (nSPS) is 9.35. The standard InChI is InChI=1S/C13H17NO3/c1-3-16-10-17-13-7-6-12(15-2)9-11(13)5-4-8-14/h6-7,9H,3,8,10,14H2,1-2H3. The van der Waals surface area contributed by atoms with Gasteiger partial charge in [-0.05, 0) is 25.1 Å². The van der Waals surface area contributed by atoms with Crippen LogP contribution in [-0.4, -0.2) is 27.1 Å². The second-order valence-electron chi connectivity index (χ2n) is 3.12. The molecule has 1 aromatic carbocycles. The van der Waals surface area contributed by atoms with Gasteiger partial charge in [0, 0.05) is 6.61 Å². The van der Waals surface area contributed by atoms with Gasteiger partial charge in [-0.2, -0.15) is 0 Å². The number of nitrogens with two attached hydrogens (primary N) is 1. The minimum atomic E-state index is 0.208. The van der Waals surface area contributed by atoms with E-state index < -0.39 is 0 Å². The van der Waals surface area contributed by atoms with Crippen molar-refractivity contribution in [2.45, 2.75) is 6.92 Å². The zero-order chi connectivity index (χ0) is 12.5. The minimum absolute atomic E-state index is 0.208. The number of methoxy groups -OCH3 is 1. The van der Waals surface area contributed by atoms with Crippen LogP contribution in [0, 0.1) is 11.8 Å². The van der Waals surface area contributed by atoms with Gasteiger partial charge in [0.1, 0.15) is 11.5 Å². The van der Waals surface area contributed by atoms with Crippen LogP contribution in [0.5, 0.6) is 11.5 Å². The molecule has 17 heavy (non-hydrogen) atoms. The zero-order valence-corrected chi connectivity index (χ0v) is 10.2. The third-order valence-electron chi connectivity index (χ3n) is 2.01. The smallest absolute Gasteiger partial charge is 0.189 e. The summed E-state index contributed by atoms with van der Waals surface area (Å²) in [5.74, 6) is 7.13. The SMILES string of the molecule is CCOCOc1ccc(OC)cc1C#CCN. The summed E-state index contributed by atoms with van der Waals surface area (Å²) in [7, 11) is 1.61. The molecule has 0 bridgehead atoms. The van der Waals surface area contributed by atoms with Crippen molar-refractivity contribution < 1.29 is 14.2 Å². The Bertz CT molecular complexity index is 407. The topological polar surface area (TPSA) is 53.7 Å². The molecule has 4 heteroatoms. The van der Waals surface area contributed by atoms with Crippen molar-refractivity contribution >= 4 is 0 Å². The van der Waals surface area contributed by atoms with Crippen molar-refractivity contribution in [3.8, 4) is 23.3 Å². The van der Waals surface area contributed by atoms with Gasteiger partial charge in [0.15, 0.2) is 6.79 Å². The van der Waals surface area contributed by atoms with E-state index >= 15 is 0 Å². The molecular formula is C13H17NO3. The van der Waals surface area contributed by atoms with Gasteiger partial charge in [0.05, 0.1) is 19.2 Å². The van der Waals surface area contributed by atoms with Gasteiger partial charge >= 0.3 is 0 Å². The number of rotatable bonds is 5. The van der Waals surface area contributed by atoms with E-state index in [-0.39, 0.29) is 6.79 Å². The van der Waals surface area contributed by atoms with Gasteiger partial charge in [0.25, 0.3) is 0 Å². The van der Waals surface area contributed by atoms with Crippen molar-refractivity contribution in [2.75, 3.05) is 27.1 Å². The lowest BCUT2D eigenvalue weighted by Gasteiger charge is -2.09. The maximum atomic E-state index is 5.45. The Labute approximate surface area is 102 Å². The predicted octanol–water partition coefficient (Wildman–Crippen LogP) is 1.38. The molecule has 0 amide bonds. The van der Waals surface area contributed by atoms with Crippen LogP contribution in [0.4, 0.5) is 0 Å². The highest BCUT2D eigenvalue weighted by molar-refractivity contribution is 5.50. The molecule has 0 aliphatic carbocycles. The molecule has 0 aliphatic rings. The highest BCUT2D eigenvalue weighted by atomic mass is 16.7. The lowest BCUT2D eigenvalue weighted by molar-refractivity contribution is 0.0222. The molecular weight excluding hydrogens is 218 g/mol. The van der Waals surface area contributed by atoms with E-state index in [9.17, 15) is 0 Å². The summed E-state index contributed by atoms with van der Waals surface area (Å²) in [6, 6.07) is 5.43. The van der Waals surface area contributed by atoms with E-state index in [1.165, 1.54) is 0 Å². The summed E-state index contributed by atoms with van der Waals surface area (Å²) >= 11 is 0. The van der Waals surface area contributed by atoms with Gasteiger partial charge in [-0.1, -0.05) is 11.8 Å². The van der Waals surface area contributed by atoms with Crippen molar-refractivity contribution in [2.24, 2.45) is 5.73 Å². The van der Waals surface area contributed by atoms with Crippen LogP contribution in [0.2, 0.25) is 0 Å². The Morgan fingerprint density at radius 3 is 2.82 bits per heavy atom. The fourth-order valence-electron chi connectivity index (χ4n) is 1.19. The van der Waals surface area contributed by atoms with Crippen LogP contribution >= 0.6 is 0 Å². The summed E-state index contributed by atoms with van der Waals surface area (Å²) in [5.41, 5.74) is 6.09. The molecule has 4 nitrogen and oxygen atoms in total. The highest BCUT2D eigenvalue weighted by Crippen LogP contribution is 2.23. The average molecular weight is 235 g/mol. The summed E-state index contributed by atoms with van der Waals surface area (Å²) in [5, 5.41) is 0. The fourth-order valence-corrected chi connectivity index (χ4v) is 1.19. The molecule has 0 saturated heterocycles. The summed E-state index contributed by atoms with van der Waals surface area (Å²) in [4.78, 5) is 0. The highest BCUT2D eigenvalue weighted by Gasteiger charge is 2.03. The molecule has 1 aromatic rings. The van der Waals surface area contributed by atoms with Crippen LogP contribution in [0.15, 0.2) is 18.2 Å². The number of ether oxygens (including phenoxy) is 3. The van der Waals surface area contributed by atoms with Crippen molar-refractivity contribution in [1.29, 1.82) is 0 Å². The van der Waals surface area contributed by atoms with E-state index in [4.69, 9.17) is 19.9 Å². The van der Waals surface area contributed by atoms with Crippen molar-refractivity contribution in [3.63, 3.8) is 0 Å². The van der Waals surface area contributed by atoms with E-state index in [0.29, 0.717) is 18.9 Å². The second kappa shape index (κ2) is 7.55. The lowest BCUT2D eigenvalue weighted by Crippen LogP contribution is -2.03. The first-order valence-corrected chi connectivity index (χ1v) is 5.39. The van der Waals surface area contributed by atoms with Crippen LogP contribution in [0.3, 0.4) is 0 Å². The van der Waals surface area contributed by atoms with Gasteiger partial charge < -0.3 is 19.9 Å². The van der Waals surface area contributed by atoms with Crippen LogP contribution in [0.1, 0.15) is 12.5 Å². The molecule has 0 aliphatic heterocycles. The molecule has 92 valence electrons. The number of hydrogen-bond acceptors (Lipinski definition) is 4. The second-order valence-corrected chi connectivity index (χ2v) is 3.12. The van der Waals surface area contributed by atoms with E-state index in [1.54, 1.807) is 13.2 Å². The zero-order valence-electron chi connectivity index (χ0n) is 10.2. The molecule has 0 aromatic heterocycles. The molecule has 0 spiro atoms. The average Bonchev–Trinajstić information content (AvgIpc) is 2.37. The van der Waals surface area contributed by atoms with Gasteiger partial charge in [-0.15, -0.1) is 0 Å². The maximum absolute atomic E-state index is 5.45. The first-order chi connectivity index (χ1) is 8.31. The third kappa shape index (κ3) is 4.35. The molecule has 2 N–H and O–H groups in total. The van der Waals surface area contributed by atoms with Crippen LogP contribution in [0.25, 0.3) is 0 Å². The largest absolute Gasteiger partial charge is 0.497 e. The number of hydrogen-bond donors (Lipinski definition) is 1. The molecule has 0 radical (unpaired) electrons. The van der Waals surface area contributed by atoms with E-state index in [0.717, 1.165) is 11.3 Å². The monoisotopic (exact) mass is 235 g/mol. The van der Waals surface area contributed by atoms with E-state index in [1.807, 2.05) is 19.1 Å². The first kappa shape index (κ1) is 13.4. The third-order valence-corrected chi connectivity index (χ3v) is 2.01. The fraction of sp³-hybridized carbons (Fsp3) is 0.385. The number of benzene rings is 1. The lowest BCUT2D eigenvalue weighted by atomic mass is 10.2. The molecule has 0 fully saturated rings. The minimum Gasteiger partial charge on any atom is -0.497 e. The van der Waals surface area contributed by atoms with Crippen LogP contribution in [-0.2, 0) is 4.74 Å². The Morgan fingerprint density at radius 2 is 2.18 bits per heavy atom. The van der Waals surface area contributed by atoms with Crippen LogP contribution < -0.4 is 15.2 Å². The Morgan fingerprint density at radius 1 is 1.35 bits per heavy atom. The van der Waals surface area contributed by atoms with Gasteiger partial charge in [0.2, 0.25) is 0 Å². The first-order valence-electron chi connectivity index (χ1n) is 5.39. The molecule has 1 rings (SSSR count). The molecule has 0 heterocycles. The van der Waals surface area contributed by atoms with E-state index in [2.05, 4.69) is 11.8 Å². The molecule has 0 atom stereocenters. The molecule has 0 unspecified atom stereocenters.